The molecular weight excluding hydrogens is 239 g/mol. The van der Waals surface area contributed by atoms with Crippen LogP contribution in [0.3, 0.4) is 0 Å². The molecule has 90 valence electrons. The second-order valence-electron chi connectivity index (χ2n) is 3.72. The summed E-state index contributed by atoms with van der Waals surface area (Å²) in [5.41, 5.74) is 6.46. The number of nitrogen functional groups attached to an aromatic ring is 1. The van der Waals surface area contributed by atoms with Crippen molar-refractivity contribution in [1.82, 2.24) is 4.98 Å². The molecule has 2 rings (SSSR count). The van der Waals surface area contributed by atoms with E-state index >= 15 is 0 Å². The first kappa shape index (κ1) is 12.0. The summed E-state index contributed by atoms with van der Waals surface area (Å²) in [5.74, 6) is 1.67. The van der Waals surface area contributed by atoms with Crippen LogP contribution in [0.1, 0.15) is 17.3 Å². The third kappa shape index (κ3) is 2.79. The second kappa shape index (κ2) is 4.79. The van der Waals surface area contributed by atoms with Crippen LogP contribution in [0.4, 0.5) is 10.1 Å². The summed E-state index contributed by atoms with van der Waals surface area (Å²) in [4.78, 5) is 5.07. The van der Waals surface area contributed by atoms with Crippen molar-refractivity contribution in [2.45, 2.75) is 24.5 Å². The Morgan fingerprint density at radius 1 is 1.41 bits per heavy atom. The zero-order valence-corrected chi connectivity index (χ0v) is 10.5. The van der Waals surface area contributed by atoms with E-state index < -0.39 is 5.82 Å². The summed E-state index contributed by atoms with van der Waals surface area (Å²) in [6, 6.07) is 4.76. The Morgan fingerprint density at radius 2 is 2.18 bits per heavy atom. The topological polar surface area (TPSA) is 52.0 Å². The normalized spacial score (nSPS) is 10.8. The van der Waals surface area contributed by atoms with Crippen molar-refractivity contribution in [3.63, 3.8) is 0 Å². The predicted molar refractivity (Wildman–Crippen MR) is 66.4 cm³/mol. The van der Waals surface area contributed by atoms with Gasteiger partial charge in [0.25, 0.3) is 0 Å². The van der Waals surface area contributed by atoms with Gasteiger partial charge in [0.15, 0.2) is 0 Å². The van der Waals surface area contributed by atoms with E-state index in [1.165, 1.54) is 17.8 Å². The molecule has 0 saturated carbocycles. The zero-order chi connectivity index (χ0) is 12.4. The maximum atomic E-state index is 13.2. The van der Waals surface area contributed by atoms with E-state index in [0.29, 0.717) is 11.6 Å². The third-order valence-corrected chi connectivity index (χ3v) is 3.39. The molecule has 0 saturated heterocycles. The van der Waals surface area contributed by atoms with Crippen LogP contribution in [0.5, 0.6) is 0 Å². The van der Waals surface area contributed by atoms with E-state index in [-0.39, 0.29) is 5.69 Å². The number of aryl methyl sites for hydroxylation is 2. The van der Waals surface area contributed by atoms with Gasteiger partial charge in [-0.05, 0) is 32.0 Å². The van der Waals surface area contributed by atoms with Crippen molar-refractivity contribution in [2.24, 2.45) is 0 Å². The summed E-state index contributed by atoms with van der Waals surface area (Å²) < 4.78 is 18.6. The third-order valence-electron chi connectivity index (χ3n) is 2.41. The van der Waals surface area contributed by atoms with Gasteiger partial charge in [0, 0.05) is 4.90 Å². The number of nitrogens with two attached hydrogens (primary N) is 1. The number of halogens is 1. The smallest absolute Gasteiger partial charge is 0.204 e. The van der Waals surface area contributed by atoms with Crippen molar-refractivity contribution in [3.05, 3.63) is 41.4 Å². The van der Waals surface area contributed by atoms with Crippen LogP contribution in [0.25, 0.3) is 0 Å². The van der Waals surface area contributed by atoms with Crippen LogP contribution in [0, 0.1) is 19.7 Å². The molecule has 0 aliphatic carbocycles. The van der Waals surface area contributed by atoms with Crippen molar-refractivity contribution in [1.29, 1.82) is 0 Å². The average molecular weight is 252 g/mol. The molecule has 0 bridgehead atoms. The van der Waals surface area contributed by atoms with Crippen LogP contribution in [-0.2, 0) is 5.75 Å². The Kier molecular flexibility index (Phi) is 3.38. The number of benzene rings is 1. The fourth-order valence-electron chi connectivity index (χ4n) is 1.34. The largest absolute Gasteiger partial charge is 0.445 e. The lowest BCUT2D eigenvalue weighted by molar-refractivity contribution is 0.489. The molecule has 0 fully saturated rings. The number of nitrogens with zero attached hydrogens (tertiary/aromatic N) is 1. The summed E-state index contributed by atoms with van der Waals surface area (Å²) in [6.07, 6.45) is 0. The average Bonchev–Trinajstić information content (AvgIpc) is 2.60. The molecule has 3 nitrogen and oxygen atoms in total. The maximum absolute atomic E-state index is 13.2. The standard InChI is InChI=1S/C12H13FN2OS/c1-7-8(2)16-12(15-7)6-17-9-3-4-11(14)10(13)5-9/h3-5H,6,14H2,1-2H3. The van der Waals surface area contributed by atoms with Gasteiger partial charge >= 0.3 is 0 Å². The number of anilines is 1. The number of thioether (sulfide) groups is 1. The number of aromatic nitrogens is 1. The minimum absolute atomic E-state index is 0.164. The molecule has 1 heterocycles. The van der Waals surface area contributed by atoms with Gasteiger partial charge in [-0.2, -0.15) is 0 Å². The fourth-order valence-corrected chi connectivity index (χ4v) is 2.11. The molecule has 1 aromatic heterocycles. The minimum atomic E-state index is -0.394. The van der Waals surface area contributed by atoms with Crippen molar-refractivity contribution >= 4 is 17.4 Å². The summed E-state index contributed by atoms with van der Waals surface area (Å²) in [7, 11) is 0. The number of hydrogen-bond donors (Lipinski definition) is 1. The van der Waals surface area contributed by atoms with E-state index in [1.54, 1.807) is 12.1 Å². The van der Waals surface area contributed by atoms with Crippen molar-refractivity contribution in [3.8, 4) is 0 Å². The van der Waals surface area contributed by atoms with Gasteiger partial charge in [0.05, 0.1) is 17.1 Å². The molecule has 0 amide bonds. The number of oxazole rings is 1. The first-order valence-electron chi connectivity index (χ1n) is 5.17. The molecule has 0 aliphatic rings. The molecule has 2 aromatic rings. The fraction of sp³-hybridized carbons (Fsp3) is 0.250. The van der Waals surface area contributed by atoms with Crippen LogP contribution in [-0.4, -0.2) is 4.98 Å². The van der Waals surface area contributed by atoms with Crippen LogP contribution in [0.15, 0.2) is 27.5 Å². The van der Waals surface area contributed by atoms with E-state index in [0.717, 1.165) is 16.3 Å². The van der Waals surface area contributed by atoms with Gasteiger partial charge in [-0.1, -0.05) is 0 Å². The SMILES string of the molecule is Cc1nc(CSc2ccc(N)c(F)c2)oc1C. The monoisotopic (exact) mass is 252 g/mol. The van der Waals surface area contributed by atoms with Crippen LogP contribution < -0.4 is 5.73 Å². The summed E-state index contributed by atoms with van der Waals surface area (Å²) >= 11 is 1.47. The molecule has 0 spiro atoms. The highest BCUT2D eigenvalue weighted by molar-refractivity contribution is 7.98. The van der Waals surface area contributed by atoms with E-state index in [2.05, 4.69) is 4.98 Å². The first-order valence-corrected chi connectivity index (χ1v) is 6.15. The van der Waals surface area contributed by atoms with Gasteiger partial charge < -0.3 is 10.2 Å². The summed E-state index contributed by atoms with van der Waals surface area (Å²) in [6.45, 7) is 3.77. The van der Waals surface area contributed by atoms with E-state index in [1.807, 2.05) is 13.8 Å². The Morgan fingerprint density at radius 3 is 2.76 bits per heavy atom. The Hall–Kier alpha value is -1.49. The Balaban J connectivity index is 2.04. The molecule has 0 unspecified atom stereocenters. The van der Waals surface area contributed by atoms with Gasteiger partial charge in [-0.3, -0.25) is 0 Å². The Labute approximate surface area is 103 Å². The minimum Gasteiger partial charge on any atom is -0.445 e. The lowest BCUT2D eigenvalue weighted by Gasteiger charge is -2.01. The molecular formula is C12H13FN2OS. The highest BCUT2D eigenvalue weighted by Crippen LogP contribution is 2.25. The van der Waals surface area contributed by atoms with E-state index in [9.17, 15) is 4.39 Å². The predicted octanol–water partition coefficient (Wildman–Crippen LogP) is 3.31. The molecule has 0 atom stereocenters. The summed E-state index contributed by atoms with van der Waals surface area (Å²) in [5, 5.41) is 0. The second-order valence-corrected chi connectivity index (χ2v) is 4.77. The number of hydrogen-bond acceptors (Lipinski definition) is 4. The highest BCUT2D eigenvalue weighted by atomic mass is 32.2. The van der Waals surface area contributed by atoms with Gasteiger partial charge in [0.1, 0.15) is 11.6 Å². The quantitative estimate of drug-likeness (QED) is 0.672. The lowest BCUT2D eigenvalue weighted by atomic mass is 10.3. The van der Waals surface area contributed by atoms with Gasteiger partial charge in [-0.25, -0.2) is 9.37 Å². The lowest BCUT2D eigenvalue weighted by Crippen LogP contribution is -1.90. The van der Waals surface area contributed by atoms with Gasteiger partial charge in [-0.15, -0.1) is 11.8 Å². The van der Waals surface area contributed by atoms with Gasteiger partial charge in [0.2, 0.25) is 5.89 Å². The first-order chi connectivity index (χ1) is 8.06. The number of rotatable bonds is 3. The zero-order valence-electron chi connectivity index (χ0n) is 9.66. The molecule has 1 aromatic carbocycles. The molecule has 17 heavy (non-hydrogen) atoms. The molecule has 5 heteroatoms. The highest BCUT2D eigenvalue weighted by Gasteiger charge is 2.07. The molecule has 0 aliphatic heterocycles. The van der Waals surface area contributed by atoms with Crippen LogP contribution >= 0.6 is 11.8 Å². The van der Waals surface area contributed by atoms with E-state index in [4.69, 9.17) is 10.2 Å². The van der Waals surface area contributed by atoms with Crippen LogP contribution in [0.2, 0.25) is 0 Å². The maximum Gasteiger partial charge on any atom is 0.204 e. The molecule has 0 radical (unpaired) electrons. The van der Waals surface area contributed by atoms with Crippen molar-refractivity contribution < 1.29 is 8.81 Å². The Bertz CT molecular complexity index is 520. The van der Waals surface area contributed by atoms with Crippen molar-refractivity contribution in [2.75, 3.05) is 5.73 Å². The molecule has 2 N–H and O–H groups in total.